The summed E-state index contributed by atoms with van der Waals surface area (Å²) in [6.07, 6.45) is 5.12. The maximum absolute atomic E-state index is 11.1. The van der Waals surface area contributed by atoms with E-state index in [-0.39, 0.29) is 5.97 Å². The lowest BCUT2D eigenvalue weighted by Gasteiger charge is -2.02. The summed E-state index contributed by atoms with van der Waals surface area (Å²) in [6.45, 7) is 0. The fourth-order valence-electron chi connectivity index (χ4n) is 0.821. The topological polar surface area (TPSA) is 39.2 Å². The van der Waals surface area contributed by atoms with Gasteiger partial charge >= 0.3 is 5.97 Å². The van der Waals surface area contributed by atoms with Gasteiger partial charge in [0.1, 0.15) is 0 Å². The highest BCUT2D eigenvalue weighted by molar-refractivity contribution is 7.98. The number of pyridine rings is 1. The molecular formula is C8H9NO2S. The lowest BCUT2D eigenvalue weighted by atomic mass is 10.3. The van der Waals surface area contributed by atoms with Gasteiger partial charge in [-0.15, -0.1) is 11.8 Å². The minimum Gasteiger partial charge on any atom is -0.465 e. The Kier molecular flexibility index (Phi) is 3.10. The minimum absolute atomic E-state index is 0.318. The van der Waals surface area contributed by atoms with Gasteiger partial charge in [0.05, 0.1) is 12.7 Å². The van der Waals surface area contributed by atoms with E-state index >= 15 is 0 Å². The van der Waals surface area contributed by atoms with Crippen molar-refractivity contribution in [3.8, 4) is 0 Å². The molecule has 0 saturated carbocycles. The molecule has 1 rings (SSSR count). The van der Waals surface area contributed by atoms with E-state index in [0.717, 1.165) is 4.90 Å². The van der Waals surface area contributed by atoms with Gasteiger partial charge in [-0.05, 0) is 12.3 Å². The Morgan fingerprint density at radius 2 is 2.42 bits per heavy atom. The number of aromatic nitrogens is 1. The molecule has 64 valence electrons. The van der Waals surface area contributed by atoms with Crippen LogP contribution in [0, 0.1) is 0 Å². The maximum atomic E-state index is 11.1. The molecule has 0 aromatic carbocycles. The van der Waals surface area contributed by atoms with Crippen molar-refractivity contribution in [2.45, 2.75) is 4.90 Å². The molecular weight excluding hydrogens is 174 g/mol. The second-order valence-electron chi connectivity index (χ2n) is 2.07. The fourth-order valence-corrected chi connectivity index (χ4v) is 1.36. The van der Waals surface area contributed by atoms with Gasteiger partial charge < -0.3 is 4.74 Å². The Bertz CT molecular complexity index is 288. The largest absolute Gasteiger partial charge is 0.465 e. The molecule has 0 N–H and O–H groups in total. The molecule has 1 aromatic heterocycles. The zero-order valence-electron chi connectivity index (χ0n) is 6.90. The number of carbonyl (C=O) groups is 1. The van der Waals surface area contributed by atoms with E-state index in [9.17, 15) is 4.79 Å². The van der Waals surface area contributed by atoms with Gasteiger partial charge in [-0.25, -0.2) is 4.79 Å². The molecule has 0 radical (unpaired) electrons. The first-order chi connectivity index (χ1) is 5.79. The van der Waals surface area contributed by atoms with Gasteiger partial charge in [0, 0.05) is 17.3 Å². The monoisotopic (exact) mass is 183 g/mol. The van der Waals surface area contributed by atoms with Crippen LogP contribution in [-0.4, -0.2) is 24.3 Å². The van der Waals surface area contributed by atoms with Crippen LogP contribution in [0.2, 0.25) is 0 Å². The third-order valence-corrected chi connectivity index (χ3v) is 2.17. The molecule has 0 saturated heterocycles. The molecule has 4 heteroatoms. The van der Waals surface area contributed by atoms with Crippen LogP contribution >= 0.6 is 11.8 Å². The fraction of sp³-hybridized carbons (Fsp3) is 0.250. The molecule has 1 aromatic rings. The Labute approximate surface area is 75.1 Å². The quantitative estimate of drug-likeness (QED) is 0.515. The first-order valence-corrected chi connectivity index (χ1v) is 4.58. The summed E-state index contributed by atoms with van der Waals surface area (Å²) in [5.74, 6) is -0.318. The van der Waals surface area contributed by atoms with Crippen LogP contribution in [0.25, 0.3) is 0 Å². The first kappa shape index (κ1) is 9.06. The van der Waals surface area contributed by atoms with Crippen molar-refractivity contribution in [2.24, 2.45) is 0 Å². The smallest absolute Gasteiger partial charge is 0.339 e. The van der Waals surface area contributed by atoms with E-state index in [0.29, 0.717) is 5.56 Å². The Balaban J connectivity index is 3.04. The molecule has 0 aliphatic carbocycles. The predicted octanol–water partition coefficient (Wildman–Crippen LogP) is 1.59. The highest BCUT2D eigenvalue weighted by Crippen LogP contribution is 2.18. The normalized spacial score (nSPS) is 9.50. The summed E-state index contributed by atoms with van der Waals surface area (Å²) in [6, 6.07) is 1.65. The summed E-state index contributed by atoms with van der Waals surface area (Å²) in [5.41, 5.74) is 0.569. The molecule has 0 unspecified atom stereocenters. The van der Waals surface area contributed by atoms with Crippen LogP contribution < -0.4 is 0 Å². The standard InChI is InChI=1S/C8H9NO2S/c1-11-8(10)6-3-4-9-5-7(6)12-2/h3-5H,1-2H3. The van der Waals surface area contributed by atoms with Crippen molar-refractivity contribution in [2.75, 3.05) is 13.4 Å². The van der Waals surface area contributed by atoms with Crippen molar-refractivity contribution < 1.29 is 9.53 Å². The van der Waals surface area contributed by atoms with Crippen LogP contribution in [0.3, 0.4) is 0 Å². The third-order valence-electron chi connectivity index (χ3n) is 1.41. The van der Waals surface area contributed by atoms with Gasteiger partial charge in [0.2, 0.25) is 0 Å². The number of esters is 1. The lowest BCUT2D eigenvalue weighted by molar-refractivity contribution is 0.0596. The lowest BCUT2D eigenvalue weighted by Crippen LogP contribution is -2.02. The van der Waals surface area contributed by atoms with Crippen LogP contribution in [0.5, 0.6) is 0 Å². The molecule has 0 atom stereocenters. The zero-order chi connectivity index (χ0) is 8.97. The zero-order valence-corrected chi connectivity index (χ0v) is 7.72. The second kappa shape index (κ2) is 4.11. The van der Waals surface area contributed by atoms with Crippen LogP contribution in [0.15, 0.2) is 23.4 Å². The van der Waals surface area contributed by atoms with E-state index in [1.165, 1.54) is 18.9 Å². The van der Waals surface area contributed by atoms with Crippen molar-refractivity contribution >= 4 is 17.7 Å². The number of hydrogen-bond acceptors (Lipinski definition) is 4. The van der Waals surface area contributed by atoms with Gasteiger partial charge in [0.25, 0.3) is 0 Å². The molecule has 1 heterocycles. The molecule has 0 fully saturated rings. The van der Waals surface area contributed by atoms with Gasteiger partial charge in [-0.2, -0.15) is 0 Å². The third kappa shape index (κ3) is 1.76. The van der Waals surface area contributed by atoms with E-state index in [4.69, 9.17) is 0 Å². The average molecular weight is 183 g/mol. The molecule has 0 aliphatic rings. The van der Waals surface area contributed by atoms with Crippen molar-refractivity contribution in [3.63, 3.8) is 0 Å². The van der Waals surface area contributed by atoms with E-state index in [1.807, 2.05) is 6.26 Å². The number of rotatable bonds is 2. The molecule has 12 heavy (non-hydrogen) atoms. The molecule has 0 amide bonds. The van der Waals surface area contributed by atoms with Gasteiger partial charge in [-0.3, -0.25) is 4.98 Å². The number of ether oxygens (including phenoxy) is 1. The van der Waals surface area contributed by atoms with Crippen LogP contribution in [0.1, 0.15) is 10.4 Å². The number of hydrogen-bond donors (Lipinski definition) is 0. The average Bonchev–Trinajstić information content (AvgIpc) is 2.16. The van der Waals surface area contributed by atoms with Crippen LogP contribution in [0.4, 0.5) is 0 Å². The minimum atomic E-state index is -0.318. The van der Waals surface area contributed by atoms with Crippen molar-refractivity contribution in [3.05, 3.63) is 24.0 Å². The van der Waals surface area contributed by atoms with Gasteiger partial charge in [-0.1, -0.05) is 0 Å². The molecule has 0 aliphatic heterocycles. The summed E-state index contributed by atoms with van der Waals surface area (Å²) >= 11 is 1.48. The van der Waals surface area contributed by atoms with Crippen molar-refractivity contribution in [1.82, 2.24) is 4.98 Å². The molecule has 0 bridgehead atoms. The number of methoxy groups -OCH3 is 1. The highest BCUT2D eigenvalue weighted by atomic mass is 32.2. The van der Waals surface area contributed by atoms with E-state index in [2.05, 4.69) is 9.72 Å². The second-order valence-corrected chi connectivity index (χ2v) is 2.92. The van der Waals surface area contributed by atoms with Crippen LogP contribution in [-0.2, 0) is 4.74 Å². The van der Waals surface area contributed by atoms with E-state index in [1.54, 1.807) is 18.5 Å². The van der Waals surface area contributed by atoms with E-state index < -0.39 is 0 Å². The summed E-state index contributed by atoms with van der Waals surface area (Å²) < 4.78 is 4.60. The SMILES string of the molecule is COC(=O)c1ccncc1SC. The van der Waals surface area contributed by atoms with Gasteiger partial charge in [0.15, 0.2) is 0 Å². The van der Waals surface area contributed by atoms with Crippen molar-refractivity contribution in [1.29, 1.82) is 0 Å². The predicted molar refractivity (Wildman–Crippen MR) is 47.4 cm³/mol. The Morgan fingerprint density at radius 3 is 3.00 bits per heavy atom. The maximum Gasteiger partial charge on any atom is 0.339 e. The Morgan fingerprint density at radius 1 is 1.67 bits per heavy atom. The number of carbonyl (C=O) groups excluding carboxylic acids is 1. The highest BCUT2D eigenvalue weighted by Gasteiger charge is 2.09. The number of thioether (sulfide) groups is 1. The molecule has 3 nitrogen and oxygen atoms in total. The summed E-state index contributed by atoms with van der Waals surface area (Å²) in [7, 11) is 1.37. The molecule has 0 spiro atoms. The summed E-state index contributed by atoms with van der Waals surface area (Å²) in [4.78, 5) is 15.9. The Hall–Kier alpha value is -1.03. The number of nitrogens with zero attached hydrogens (tertiary/aromatic N) is 1. The summed E-state index contributed by atoms with van der Waals surface area (Å²) in [5, 5.41) is 0. The first-order valence-electron chi connectivity index (χ1n) is 3.36.